The quantitative estimate of drug-likeness (QED) is 0.775. The highest BCUT2D eigenvalue weighted by Gasteiger charge is 2.36. The van der Waals surface area contributed by atoms with Crippen molar-refractivity contribution in [2.45, 2.75) is 12.3 Å². The minimum atomic E-state index is -4.39. The summed E-state index contributed by atoms with van der Waals surface area (Å²) >= 11 is 0. The Balaban J connectivity index is 2.24. The zero-order valence-corrected chi connectivity index (χ0v) is 10.2. The van der Waals surface area contributed by atoms with Gasteiger partial charge >= 0.3 is 6.18 Å². The van der Waals surface area contributed by atoms with Crippen LogP contribution in [0.5, 0.6) is 0 Å². The molecule has 1 aliphatic heterocycles. The topological polar surface area (TPSA) is 36.3 Å². The zero-order chi connectivity index (χ0) is 13.9. The molecule has 1 aromatic carbocycles. The number of rotatable bonds is 2. The predicted molar refractivity (Wildman–Crippen MR) is 62.2 cm³/mol. The molecule has 0 aromatic heterocycles. The third-order valence-electron chi connectivity index (χ3n) is 3.06. The predicted octanol–water partition coefficient (Wildman–Crippen LogP) is 2.60. The molecule has 0 amide bonds. The van der Waals surface area contributed by atoms with Gasteiger partial charge < -0.3 is 4.74 Å². The lowest BCUT2D eigenvalue weighted by Gasteiger charge is -2.32. The Kier molecular flexibility index (Phi) is 4.08. The highest BCUT2D eigenvalue weighted by Crippen LogP contribution is 2.36. The van der Waals surface area contributed by atoms with E-state index in [1.54, 1.807) is 11.0 Å². The van der Waals surface area contributed by atoms with Crippen molar-refractivity contribution in [1.29, 1.82) is 5.26 Å². The second-order valence-electron chi connectivity index (χ2n) is 4.34. The minimum Gasteiger partial charge on any atom is -0.371 e. The van der Waals surface area contributed by atoms with Crippen LogP contribution >= 0.6 is 0 Å². The zero-order valence-electron chi connectivity index (χ0n) is 10.2. The minimum absolute atomic E-state index is 0.137. The van der Waals surface area contributed by atoms with Gasteiger partial charge in [0.25, 0.3) is 0 Å². The molecule has 1 aromatic rings. The van der Waals surface area contributed by atoms with Crippen LogP contribution in [-0.2, 0) is 10.9 Å². The van der Waals surface area contributed by atoms with Crippen LogP contribution in [0, 0.1) is 11.3 Å². The Morgan fingerprint density at radius 2 is 2.11 bits per heavy atom. The highest BCUT2D eigenvalue weighted by atomic mass is 19.4. The number of ether oxygens (including phenoxy) is 1. The fourth-order valence-corrected chi connectivity index (χ4v) is 2.17. The Labute approximate surface area is 109 Å². The molecule has 0 spiro atoms. The van der Waals surface area contributed by atoms with Crippen molar-refractivity contribution in [1.82, 2.24) is 4.90 Å². The van der Waals surface area contributed by atoms with Crippen molar-refractivity contribution in [3.05, 3.63) is 35.4 Å². The third kappa shape index (κ3) is 3.25. The first-order chi connectivity index (χ1) is 9.02. The van der Waals surface area contributed by atoms with E-state index >= 15 is 0 Å². The van der Waals surface area contributed by atoms with Crippen molar-refractivity contribution in [2.24, 2.45) is 0 Å². The van der Waals surface area contributed by atoms with Crippen LogP contribution in [0.15, 0.2) is 24.3 Å². The number of hydrogen-bond acceptors (Lipinski definition) is 3. The summed E-state index contributed by atoms with van der Waals surface area (Å²) < 4.78 is 44.2. The van der Waals surface area contributed by atoms with Crippen molar-refractivity contribution in [3.63, 3.8) is 0 Å². The van der Waals surface area contributed by atoms with Crippen LogP contribution in [0.1, 0.15) is 17.2 Å². The number of alkyl halides is 3. The fraction of sp³-hybridized carbons (Fsp3) is 0.462. The van der Waals surface area contributed by atoms with E-state index in [-0.39, 0.29) is 12.1 Å². The second kappa shape index (κ2) is 5.59. The summed E-state index contributed by atoms with van der Waals surface area (Å²) in [5, 5.41) is 8.65. The van der Waals surface area contributed by atoms with E-state index < -0.39 is 17.8 Å². The molecule has 1 fully saturated rings. The third-order valence-corrected chi connectivity index (χ3v) is 3.06. The molecule has 102 valence electrons. The first-order valence-electron chi connectivity index (χ1n) is 5.89. The summed E-state index contributed by atoms with van der Waals surface area (Å²) in [7, 11) is 0. The lowest BCUT2D eigenvalue weighted by atomic mass is 10.0. The van der Waals surface area contributed by atoms with Gasteiger partial charge in [0.1, 0.15) is 0 Å². The summed E-state index contributed by atoms with van der Waals surface area (Å²) in [6.07, 6.45) is -5.03. The van der Waals surface area contributed by atoms with Crippen LogP contribution in [0.4, 0.5) is 13.2 Å². The van der Waals surface area contributed by atoms with Crippen LogP contribution in [0.2, 0.25) is 0 Å². The van der Waals surface area contributed by atoms with E-state index in [4.69, 9.17) is 10.00 Å². The summed E-state index contributed by atoms with van der Waals surface area (Å²) in [5.41, 5.74) is -0.531. The fourth-order valence-electron chi connectivity index (χ4n) is 2.17. The Morgan fingerprint density at radius 3 is 2.79 bits per heavy atom. The molecule has 6 heteroatoms. The normalized spacial score (nSPS) is 21.1. The molecule has 0 unspecified atom stereocenters. The molecule has 1 heterocycles. The van der Waals surface area contributed by atoms with E-state index in [1.165, 1.54) is 12.1 Å². The smallest absolute Gasteiger partial charge is 0.371 e. The Morgan fingerprint density at radius 1 is 1.37 bits per heavy atom. The molecule has 1 aliphatic rings. The van der Waals surface area contributed by atoms with Crippen molar-refractivity contribution >= 4 is 0 Å². The van der Waals surface area contributed by atoms with Gasteiger partial charge in [-0.25, -0.2) is 0 Å². The van der Waals surface area contributed by atoms with Crippen LogP contribution in [0.3, 0.4) is 0 Å². The van der Waals surface area contributed by atoms with Gasteiger partial charge in [-0.05, 0) is 11.6 Å². The monoisotopic (exact) mass is 270 g/mol. The molecule has 0 saturated carbocycles. The first-order valence-corrected chi connectivity index (χ1v) is 5.89. The molecule has 0 radical (unpaired) electrons. The number of halogens is 3. The first kappa shape index (κ1) is 13.8. The van der Waals surface area contributed by atoms with E-state index in [0.29, 0.717) is 19.7 Å². The van der Waals surface area contributed by atoms with Gasteiger partial charge in [-0.15, -0.1) is 0 Å². The molecule has 1 saturated heterocycles. The number of benzene rings is 1. The summed E-state index contributed by atoms with van der Waals surface area (Å²) in [6.45, 7) is 1.41. The number of morpholine rings is 1. The van der Waals surface area contributed by atoms with Gasteiger partial charge in [-0.2, -0.15) is 18.4 Å². The standard InChI is InChI=1S/C13H13F3N2O/c14-13(15,16)11-4-2-1-3-10(11)12-9-18(6-5-17)7-8-19-12/h1-4,12H,6-9H2/t12-/m1/s1. The van der Waals surface area contributed by atoms with Crippen LogP contribution < -0.4 is 0 Å². The molecule has 0 bridgehead atoms. The van der Waals surface area contributed by atoms with Gasteiger partial charge in [-0.1, -0.05) is 18.2 Å². The average Bonchev–Trinajstić information content (AvgIpc) is 2.38. The summed E-state index contributed by atoms with van der Waals surface area (Å²) in [6, 6.07) is 7.42. The Hall–Kier alpha value is -1.58. The Bertz CT molecular complexity index is 482. The van der Waals surface area contributed by atoms with Gasteiger partial charge in [0.05, 0.1) is 30.9 Å². The maximum atomic E-state index is 12.9. The van der Waals surface area contributed by atoms with Gasteiger partial charge in [0.2, 0.25) is 0 Å². The van der Waals surface area contributed by atoms with E-state index in [0.717, 1.165) is 6.07 Å². The highest BCUT2D eigenvalue weighted by molar-refractivity contribution is 5.32. The van der Waals surface area contributed by atoms with Crippen LogP contribution in [0.25, 0.3) is 0 Å². The maximum Gasteiger partial charge on any atom is 0.416 e. The van der Waals surface area contributed by atoms with E-state index in [2.05, 4.69) is 0 Å². The van der Waals surface area contributed by atoms with Crippen molar-refractivity contribution < 1.29 is 17.9 Å². The lowest BCUT2D eigenvalue weighted by molar-refractivity contribution is -0.140. The number of nitriles is 1. The molecule has 19 heavy (non-hydrogen) atoms. The molecule has 3 nitrogen and oxygen atoms in total. The maximum absolute atomic E-state index is 12.9. The number of nitrogens with zero attached hydrogens (tertiary/aromatic N) is 2. The largest absolute Gasteiger partial charge is 0.416 e. The lowest BCUT2D eigenvalue weighted by Crippen LogP contribution is -2.39. The molecule has 1 atom stereocenters. The van der Waals surface area contributed by atoms with Gasteiger partial charge in [0, 0.05) is 13.1 Å². The van der Waals surface area contributed by atoms with Gasteiger partial charge in [-0.3, -0.25) is 4.90 Å². The van der Waals surface area contributed by atoms with Crippen molar-refractivity contribution in [3.8, 4) is 6.07 Å². The van der Waals surface area contributed by atoms with E-state index in [9.17, 15) is 13.2 Å². The average molecular weight is 270 g/mol. The van der Waals surface area contributed by atoms with Crippen molar-refractivity contribution in [2.75, 3.05) is 26.2 Å². The second-order valence-corrected chi connectivity index (χ2v) is 4.34. The SMILES string of the molecule is N#CCN1CCO[C@@H](c2ccccc2C(F)(F)F)C1. The molecule has 0 aliphatic carbocycles. The van der Waals surface area contributed by atoms with Crippen LogP contribution in [-0.4, -0.2) is 31.1 Å². The van der Waals surface area contributed by atoms with Gasteiger partial charge in [0.15, 0.2) is 0 Å². The van der Waals surface area contributed by atoms with E-state index in [1.807, 2.05) is 6.07 Å². The number of hydrogen-bond donors (Lipinski definition) is 0. The summed E-state index contributed by atoms with van der Waals surface area (Å²) in [4.78, 5) is 1.79. The molecule has 0 N–H and O–H groups in total. The molecule has 2 rings (SSSR count). The summed E-state index contributed by atoms with van der Waals surface area (Å²) in [5.74, 6) is 0. The molecular formula is C13H13F3N2O. The molecular weight excluding hydrogens is 257 g/mol.